The summed E-state index contributed by atoms with van der Waals surface area (Å²) in [6.45, 7) is 4.34. The molecule has 0 fully saturated rings. The van der Waals surface area contributed by atoms with Gasteiger partial charge >= 0.3 is 0 Å². The summed E-state index contributed by atoms with van der Waals surface area (Å²) < 4.78 is 0. The molecule has 0 spiro atoms. The van der Waals surface area contributed by atoms with Crippen LogP contribution in [-0.2, 0) is 0 Å². The molecule has 0 aliphatic rings. The summed E-state index contributed by atoms with van der Waals surface area (Å²) in [5, 5.41) is 6.63. The molecule has 1 N–H and O–H groups in total. The Balaban J connectivity index is 2.28. The maximum atomic E-state index is 3.47. The highest BCUT2D eigenvalue weighted by Gasteiger charge is 2.08. The van der Waals surface area contributed by atoms with E-state index in [1.54, 1.807) is 0 Å². The van der Waals surface area contributed by atoms with E-state index in [0.717, 1.165) is 0 Å². The predicted octanol–water partition coefficient (Wildman–Crippen LogP) is 5.09. The molecule has 0 bridgehead atoms. The average molecular weight is 245 g/mol. The summed E-state index contributed by atoms with van der Waals surface area (Å²) in [5.41, 5.74) is 3.85. The molecule has 3 aromatic carbocycles. The molecule has 4 rings (SSSR count). The van der Waals surface area contributed by atoms with E-state index in [9.17, 15) is 0 Å². The molecule has 0 saturated heterocycles. The second-order valence-electron chi connectivity index (χ2n) is 5.28. The van der Waals surface area contributed by atoms with E-state index >= 15 is 0 Å². The van der Waals surface area contributed by atoms with Crippen molar-refractivity contribution in [3.8, 4) is 0 Å². The lowest BCUT2D eigenvalue weighted by Gasteiger charge is -2.04. The lowest BCUT2D eigenvalue weighted by molar-refractivity contribution is 1.25. The zero-order valence-corrected chi connectivity index (χ0v) is 11.1. The van der Waals surface area contributed by atoms with Crippen LogP contribution in [-0.4, -0.2) is 4.98 Å². The average Bonchev–Trinajstić information content (AvgIpc) is 2.72. The second kappa shape index (κ2) is 3.61. The lowest BCUT2D eigenvalue weighted by atomic mass is 9.99. The fraction of sp³-hybridized carbons (Fsp3) is 0.111. The predicted molar refractivity (Wildman–Crippen MR) is 82.8 cm³/mol. The molecule has 0 saturated carbocycles. The van der Waals surface area contributed by atoms with Gasteiger partial charge in [0, 0.05) is 16.6 Å². The molecule has 1 nitrogen and oxygen atoms in total. The van der Waals surface area contributed by atoms with Gasteiger partial charge in [0.2, 0.25) is 0 Å². The molecule has 1 heteroatoms. The van der Waals surface area contributed by atoms with Gasteiger partial charge in [-0.25, -0.2) is 0 Å². The molecule has 0 unspecified atom stereocenters. The summed E-state index contributed by atoms with van der Waals surface area (Å²) >= 11 is 0. The first-order valence-electron chi connectivity index (χ1n) is 6.64. The zero-order valence-electron chi connectivity index (χ0n) is 11.1. The van der Waals surface area contributed by atoms with Crippen LogP contribution in [0.1, 0.15) is 11.3 Å². The normalized spacial score (nSPS) is 11.7. The van der Waals surface area contributed by atoms with E-state index in [-0.39, 0.29) is 0 Å². The third kappa shape index (κ3) is 1.42. The Labute approximate surface area is 111 Å². The molecule has 4 aromatic rings. The number of aromatic amines is 1. The Bertz CT molecular complexity index is 929. The van der Waals surface area contributed by atoms with E-state index < -0.39 is 0 Å². The fourth-order valence-electron chi connectivity index (χ4n) is 3.01. The second-order valence-corrected chi connectivity index (χ2v) is 5.28. The minimum atomic E-state index is 1.23. The molecule has 92 valence electrons. The van der Waals surface area contributed by atoms with Crippen molar-refractivity contribution in [1.82, 2.24) is 4.98 Å². The number of hydrogen-bond acceptors (Lipinski definition) is 0. The van der Waals surface area contributed by atoms with E-state index in [4.69, 9.17) is 0 Å². The molecule has 1 heterocycles. The van der Waals surface area contributed by atoms with Gasteiger partial charge in [-0.05, 0) is 59.2 Å². The minimum absolute atomic E-state index is 1.23. The van der Waals surface area contributed by atoms with Gasteiger partial charge in [0.25, 0.3) is 0 Å². The van der Waals surface area contributed by atoms with Gasteiger partial charge < -0.3 is 4.98 Å². The quantitative estimate of drug-likeness (QED) is 0.415. The molecule has 19 heavy (non-hydrogen) atoms. The molecular formula is C18H15N. The van der Waals surface area contributed by atoms with Crippen molar-refractivity contribution in [1.29, 1.82) is 0 Å². The highest BCUT2D eigenvalue weighted by atomic mass is 14.7. The van der Waals surface area contributed by atoms with Crippen LogP contribution in [0, 0.1) is 13.8 Å². The van der Waals surface area contributed by atoms with Crippen LogP contribution in [0.4, 0.5) is 0 Å². The fourth-order valence-corrected chi connectivity index (χ4v) is 3.01. The van der Waals surface area contributed by atoms with Crippen LogP contribution in [0.3, 0.4) is 0 Å². The number of fused-ring (bicyclic) bond motifs is 4. The van der Waals surface area contributed by atoms with E-state index in [1.807, 2.05) is 0 Å². The maximum absolute atomic E-state index is 3.47. The highest BCUT2D eigenvalue weighted by molar-refractivity contribution is 6.12. The molecule has 0 aliphatic carbocycles. The highest BCUT2D eigenvalue weighted by Crippen LogP contribution is 2.32. The summed E-state index contributed by atoms with van der Waals surface area (Å²) in [7, 11) is 0. The standard InChI is InChI=1S/C18H15N/c1-11-12(2)19-17-8-7-15-9-13-5-3-4-6-14(13)10-16(15)18(11)17/h3-10,19H,1-2H3. The number of aromatic nitrogens is 1. The maximum Gasteiger partial charge on any atom is 0.0465 e. The number of hydrogen-bond donors (Lipinski definition) is 1. The van der Waals surface area contributed by atoms with Gasteiger partial charge in [0.15, 0.2) is 0 Å². The topological polar surface area (TPSA) is 15.8 Å². The molecule has 0 amide bonds. The first-order chi connectivity index (χ1) is 9.24. The summed E-state index contributed by atoms with van der Waals surface area (Å²) in [4.78, 5) is 3.47. The Hall–Kier alpha value is -2.28. The van der Waals surface area contributed by atoms with Crippen LogP contribution in [0.25, 0.3) is 32.4 Å². The molecule has 0 radical (unpaired) electrons. The first-order valence-corrected chi connectivity index (χ1v) is 6.64. The Morgan fingerprint density at radius 1 is 0.789 bits per heavy atom. The van der Waals surface area contributed by atoms with Crippen molar-refractivity contribution in [3.63, 3.8) is 0 Å². The molecule has 0 aliphatic heterocycles. The number of benzene rings is 3. The van der Waals surface area contributed by atoms with Crippen molar-refractivity contribution in [2.75, 3.05) is 0 Å². The number of rotatable bonds is 0. The Morgan fingerprint density at radius 3 is 2.32 bits per heavy atom. The Morgan fingerprint density at radius 2 is 1.53 bits per heavy atom. The number of aryl methyl sites for hydroxylation is 2. The zero-order chi connectivity index (χ0) is 13.0. The van der Waals surface area contributed by atoms with Crippen LogP contribution in [0.5, 0.6) is 0 Å². The van der Waals surface area contributed by atoms with Crippen LogP contribution < -0.4 is 0 Å². The van der Waals surface area contributed by atoms with Gasteiger partial charge in [-0.15, -0.1) is 0 Å². The van der Waals surface area contributed by atoms with Gasteiger partial charge in [-0.3, -0.25) is 0 Å². The smallest absolute Gasteiger partial charge is 0.0465 e. The van der Waals surface area contributed by atoms with Gasteiger partial charge in [0.1, 0.15) is 0 Å². The van der Waals surface area contributed by atoms with Crippen molar-refractivity contribution < 1.29 is 0 Å². The van der Waals surface area contributed by atoms with Crippen LogP contribution >= 0.6 is 0 Å². The van der Waals surface area contributed by atoms with Gasteiger partial charge in [-0.2, -0.15) is 0 Å². The van der Waals surface area contributed by atoms with E-state index in [0.29, 0.717) is 0 Å². The Kier molecular flexibility index (Phi) is 2.02. The van der Waals surface area contributed by atoms with Crippen LogP contribution in [0.15, 0.2) is 48.5 Å². The summed E-state index contributed by atoms with van der Waals surface area (Å²) in [6, 6.07) is 17.5. The first kappa shape index (κ1) is 10.6. The van der Waals surface area contributed by atoms with Gasteiger partial charge in [0.05, 0.1) is 0 Å². The minimum Gasteiger partial charge on any atom is -0.358 e. The van der Waals surface area contributed by atoms with Gasteiger partial charge in [-0.1, -0.05) is 30.3 Å². The van der Waals surface area contributed by atoms with Crippen LogP contribution in [0.2, 0.25) is 0 Å². The third-order valence-corrected chi connectivity index (χ3v) is 4.15. The molecule has 1 aromatic heterocycles. The number of nitrogens with one attached hydrogen (secondary N) is 1. The summed E-state index contributed by atoms with van der Waals surface area (Å²) in [5.74, 6) is 0. The largest absolute Gasteiger partial charge is 0.358 e. The monoisotopic (exact) mass is 245 g/mol. The van der Waals surface area contributed by atoms with E-state index in [1.165, 1.54) is 43.7 Å². The number of H-pyrrole nitrogens is 1. The van der Waals surface area contributed by atoms with Crippen molar-refractivity contribution in [2.45, 2.75) is 13.8 Å². The van der Waals surface area contributed by atoms with Crippen molar-refractivity contribution in [3.05, 3.63) is 59.8 Å². The third-order valence-electron chi connectivity index (χ3n) is 4.15. The van der Waals surface area contributed by atoms with E-state index in [2.05, 4.69) is 67.4 Å². The van der Waals surface area contributed by atoms with Crippen molar-refractivity contribution in [2.24, 2.45) is 0 Å². The molecule has 0 atom stereocenters. The molecular weight excluding hydrogens is 230 g/mol. The summed E-state index contributed by atoms with van der Waals surface area (Å²) in [6.07, 6.45) is 0. The SMILES string of the molecule is Cc1[nH]c2ccc3cc4ccccc4cc3c2c1C. The van der Waals surface area contributed by atoms with Crippen molar-refractivity contribution >= 4 is 32.4 Å². The lowest BCUT2D eigenvalue weighted by Crippen LogP contribution is -1.79.